The minimum absolute atomic E-state index is 0.632. The third-order valence-electron chi connectivity index (χ3n) is 1.53. The lowest BCUT2D eigenvalue weighted by molar-refractivity contribution is 0.787. The highest BCUT2D eigenvalue weighted by atomic mass is 79.9. The van der Waals surface area contributed by atoms with Gasteiger partial charge in [0.05, 0.1) is 15.2 Å². The van der Waals surface area contributed by atoms with Gasteiger partial charge in [0.25, 0.3) is 0 Å². The summed E-state index contributed by atoms with van der Waals surface area (Å²) in [4.78, 5) is 0. The maximum absolute atomic E-state index is 5.90. The van der Waals surface area contributed by atoms with Gasteiger partial charge in [-0.15, -0.1) is 5.10 Å². The molecular formula is C7H4BrClN4. The minimum Gasteiger partial charge on any atom is -0.199 e. The molecule has 0 aliphatic rings. The second-order valence-corrected chi connectivity index (χ2v) is 3.53. The average Bonchev–Trinajstić information content (AvgIpc) is 2.62. The van der Waals surface area contributed by atoms with Crippen molar-refractivity contribution in [2.45, 2.75) is 0 Å². The first-order valence-corrected chi connectivity index (χ1v) is 4.63. The van der Waals surface area contributed by atoms with E-state index in [2.05, 4.69) is 31.5 Å². The van der Waals surface area contributed by atoms with Crippen LogP contribution in [0.15, 0.2) is 29.0 Å². The predicted octanol–water partition coefficient (Wildman–Crippen LogP) is 2.08. The van der Waals surface area contributed by atoms with Crippen molar-refractivity contribution in [1.82, 2.24) is 20.2 Å². The van der Waals surface area contributed by atoms with Crippen LogP contribution >= 0.6 is 27.5 Å². The Kier molecular flexibility index (Phi) is 2.28. The van der Waals surface area contributed by atoms with E-state index in [1.807, 2.05) is 12.1 Å². The van der Waals surface area contributed by atoms with Crippen molar-refractivity contribution in [3.05, 3.63) is 34.0 Å². The van der Waals surface area contributed by atoms with E-state index in [0.717, 1.165) is 10.2 Å². The number of nitrogens with zero attached hydrogens (tertiary/aromatic N) is 4. The molecule has 0 unspecified atom stereocenters. The first-order valence-electron chi connectivity index (χ1n) is 3.46. The van der Waals surface area contributed by atoms with Crippen LogP contribution in [-0.4, -0.2) is 20.2 Å². The van der Waals surface area contributed by atoms with E-state index >= 15 is 0 Å². The zero-order chi connectivity index (χ0) is 9.26. The summed E-state index contributed by atoms with van der Waals surface area (Å²) in [5, 5.41) is 11.5. The second-order valence-electron chi connectivity index (χ2n) is 2.33. The topological polar surface area (TPSA) is 43.6 Å². The Morgan fingerprint density at radius 2 is 2.23 bits per heavy atom. The van der Waals surface area contributed by atoms with E-state index in [-0.39, 0.29) is 0 Å². The van der Waals surface area contributed by atoms with Crippen LogP contribution in [0.3, 0.4) is 0 Å². The molecule has 0 spiro atoms. The number of hydrogen-bond donors (Lipinski definition) is 0. The quantitative estimate of drug-likeness (QED) is 0.787. The monoisotopic (exact) mass is 258 g/mol. The largest absolute Gasteiger partial charge is 0.199 e. The Labute approximate surface area is 87.6 Å². The molecule has 0 atom stereocenters. The number of halogens is 2. The van der Waals surface area contributed by atoms with E-state index in [1.165, 1.54) is 11.0 Å². The van der Waals surface area contributed by atoms with Gasteiger partial charge in [0, 0.05) is 0 Å². The molecule has 6 heteroatoms. The molecule has 13 heavy (non-hydrogen) atoms. The van der Waals surface area contributed by atoms with Crippen molar-refractivity contribution in [1.29, 1.82) is 0 Å². The summed E-state index contributed by atoms with van der Waals surface area (Å²) >= 11 is 9.26. The lowest BCUT2D eigenvalue weighted by Crippen LogP contribution is -1.96. The van der Waals surface area contributed by atoms with Crippen LogP contribution in [0.2, 0.25) is 5.02 Å². The molecule has 1 heterocycles. The molecule has 0 amide bonds. The zero-order valence-corrected chi connectivity index (χ0v) is 8.70. The van der Waals surface area contributed by atoms with Gasteiger partial charge in [0.2, 0.25) is 0 Å². The number of tetrazole rings is 1. The Morgan fingerprint density at radius 1 is 1.38 bits per heavy atom. The van der Waals surface area contributed by atoms with Crippen LogP contribution in [0.25, 0.3) is 5.69 Å². The van der Waals surface area contributed by atoms with Gasteiger partial charge in [0.1, 0.15) is 6.33 Å². The summed E-state index contributed by atoms with van der Waals surface area (Å²) in [6.07, 6.45) is 1.51. The molecule has 0 aliphatic heterocycles. The molecule has 0 N–H and O–H groups in total. The van der Waals surface area contributed by atoms with Crippen LogP contribution in [0.1, 0.15) is 0 Å². The lowest BCUT2D eigenvalue weighted by Gasteiger charge is -2.02. The van der Waals surface area contributed by atoms with Crippen LogP contribution in [0, 0.1) is 0 Å². The number of aromatic nitrogens is 4. The van der Waals surface area contributed by atoms with Crippen molar-refractivity contribution >= 4 is 27.5 Å². The molecule has 0 saturated heterocycles. The molecule has 0 bridgehead atoms. The Hall–Kier alpha value is -0.940. The van der Waals surface area contributed by atoms with Gasteiger partial charge in [-0.05, 0) is 38.5 Å². The van der Waals surface area contributed by atoms with Gasteiger partial charge in [-0.3, -0.25) is 0 Å². The molecule has 1 aromatic heterocycles. The van der Waals surface area contributed by atoms with E-state index in [9.17, 15) is 0 Å². The Balaban J connectivity index is 2.59. The maximum Gasteiger partial charge on any atom is 0.143 e. The molecular weight excluding hydrogens is 255 g/mol. The Bertz CT molecular complexity index is 414. The van der Waals surface area contributed by atoms with E-state index in [1.54, 1.807) is 6.07 Å². The van der Waals surface area contributed by atoms with Crippen molar-refractivity contribution < 1.29 is 0 Å². The average molecular weight is 259 g/mol. The van der Waals surface area contributed by atoms with Crippen molar-refractivity contribution in [3.63, 3.8) is 0 Å². The predicted molar refractivity (Wildman–Crippen MR) is 51.9 cm³/mol. The van der Waals surface area contributed by atoms with Crippen molar-refractivity contribution in [2.75, 3.05) is 0 Å². The van der Waals surface area contributed by atoms with Gasteiger partial charge in [-0.2, -0.15) is 4.68 Å². The summed E-state index contributed by atoms with van der Waals surface area (Å²) < 4.78 is 2.32. The third-order valence-corrected chi connectivity index (χ3v) is 2.90. The lowest BCUT2D eigenvalue weighted by atomic mass is 10.3. The Morgan fingerprint density at radius 3 is 2.92 bits per heavy atom. The summed E-state index contributed by atoms with van der Waals surface area (Å²) in [6.45, 7) is 0. The highest BCUT2D eigenvalue weighted by Gasteiger charge is 2.05. The zero-order valence-electron chi connectivity index (χ0n) is 6.35. The van der Waals surface area contributed by atoms with Crippen LogP contribution in [0.4, 0.5) is 0 Å². The molecule has 0 saturated carbocycles. The van der Waals surface area contributed by atoms with E-state index in [0.29, 0.717) is 5.02 Å². The molecule has 1 aromatic carbocycles. The fourth-order valence-corrected chi connectivity index (χ4v) is 1.56. The van der Waals surface area contributed by atoms with Crippen LogP contribution < -0.4 is 0 Å². The molecule has 66 valence electrons. The fraction of sp³-hybridized carbons (Fsp3) is 0. The molecule has 0 aliphatic carbocycles. The summed E-state index contributed by atoms with van der Waals surface area (Å²) in [5.74, 6) is 0. The van der Waals surface area contributed by atoms with Gasteiger partial charge < -0.3 is 0 Å². The summed E-state index contributed by atoms with van der Waals surface area (Å²) in [7, 11) is 0. The molecule has 2 rings (SSSR count). The second kappa shape index (κ2) is 3.43. The van der Waals surface area contributed by atoms with Gasteiger partial charge >= 0.3 is 0 Å². The normalized spacial score (nSPS) is 10.3. The summed E-state index contributed by atoms with van der Waals surface area (Å²) in [5.41, 5.74) is 0.817. The fourth-order valence-electron chi connectivity index (χ4n) is 0.941. The molecule has 0 fully saturated rings. The molecule has 0 radical (unpaired) electrons. The van der Waals surface area contributed by atoms with Crippen LogP contribution in [-0.2, 0) is 0 Å². The molecule has 2 aromatic rings. The highest BCUT2D eigenvalue weighted by molar-refractivity contribution is 9.10. The van der Waals surface area contributed by atoms with Crippen molar-refractivity contribution in [2.24, 2.45) is 0 Å². The third kappa shape index (κ3) is 1.57. The number of rotatable bonds is 1. The first-order chi connectivity index (χ1) is 6.29. The maximum atomic E-state index is 5.90. The van der Waals surface area contributed by atoms with Crippen molar-refractivity contribution in [3.8, 4) is 5.69 Å². The minimum atomic E-state index is 0.632. The van der Waals surface area contributed by atoms with Crippen LogP contribution in [0.5, 0.6) is 0 Å². The summed E-state index contributed by atoms with van der Waals surface area (Å²) in [6, 6.07) is 5.50. The first kappa shape index (κ1) is 8.65. The number of benzene rings is 1. The van der Waals surface area contributed by atoms with E-state index < -0.39 is 0 Å². The van der Waals surface area contributed by atoms with E-state index in [4.69, 9.17) is 11.6 Å². The van der Waals surface area contributed by atoms with Gasteiger partial charge in [-0.25, -0.2) is 0 Å². The smallest absolute Gasteiger partial charge is 0.143 e. The highest BCUT2D eigenvalue weighted by Crippen LogP contribution is 2.27. The standard InChI is InChI=1S/C7H4BrClN4/c8-7-5(9)2-1-3-6(7)13-4-10-11-12-13/h1-4H. The van der Waals surface area contributed by atoms with Gasteiger partial charge in [0.15, 0.2) is 0 Å². The SMILES string of the molecule is Clc1cccc(-n2cnnn2)c1Br. The number of hydrogen-bond acceptors (Lipinski definition) is 3. The van der Waals surface area contributed by atoms with Gasteiger partial charge in [-0.1, -0.05) is 17.7 Å². The molecule has 4 nitrogen and oxygen atoms in total.